The Balaban J connectivity index is 1.52. The molecule has 0 saturated carbocycles. The van der Waals surface area contributed by atoms with E-state index in [1.54, 1.807) is 6.08 Å². The van der Waals surface area contributed by atoms with Crippen LogP contribution in [-0.2, 0) is 23.6 Å². The van der Waals surface area contributed by atoms with Crippen molar-refractivity contribution >= 4 is 30.1 Å². The molecule has 2 heterocycles. The van der Waals surface area contributed by atoms with Crippen LogP contribution in [0, 0.1) is 17.8 Å². The number of likely N-dealkylation sites (tertiary alicyclic amines) is 1. The van der Waals surface area contributed by atoms with Gasteiger partial charge in [0.25, 0.3) is 0 Å². The normalized spacial score (nSPS) is 24.4. The standard InChI is InChI=1S/C45H56BFN2O5/c1-8-33(22-18-19-32(4)47)43-40(34-20-12-9-13-21-34)41(44(51)48-36-25-16-11-17-26-36)42(31(2)3)49(43)28-27-37-29-38(30-39(50)52-45(5,6)7)54-46(53-37)35-23-14-10-15-24-35/h8-26,31,33,37-38,40-43H,1,27-30H2,2-7H3,(H,48,51)/b22-18-,32-19+. The molecule has 54 heavy (non-hydrogen) atoms. The van der Waals surface area contributed by atoms with Gasteiger partial charge < -0.3 is 19.4 Å². The van der Waals surface area contributed by atoms with E-state index in [0.717, 1.165) is 16.7 Å². The Morgan fingerprint density at radius 2 is 1.57 bits per heavy atom. The molecule has 2 fully saturated rings. The fourth-order valence-corrected chi connectivity index (χ4v) is 8.12. The summed E-state index contributed by atoms with van der Waals surface area (Å²) in [7, 11) is -0.645. The van der Waals surface area contributed by atoms with Crippen molar-refractivity contribution < 1.29 is 28.0 Å². The maximum Gasteiger partial charge on any atom is 0.494 e. The minimum Gasteiger partial charge on any atom is -0.460 e. The van der Waals surface area contributed by atoms with Crippen LogP contribution in [-0.4, -0.2) is 60.3 Å². The third-order valence-electron chi connectivity index (χ3n) is 10.2. The Morgan fingerprint density at radius 3 is 2.17 bits per heavy atom. The predicted octanol–water partition coefficient (Wildman–Crippen LogP) is 8.66. The van der Waals surface area contributed by atoms with Crippen LogP contribution < -0.4 is 10.8 Å². The van der Waals surface area contributed by atoms with E-state index in [0.29, 0.717) is 19.4 Å². The lowest BCUT2D eigenvalue weighted by molar-refractivity contribution is -0.157. The predicted molar refractivity (Wildman–Crippen MR) is 216 cm³/mol. The molecule has 1 N–H and O–H groups in total. The van der Waals surface area contributed by atoms with Crippen molar-refractivity contribution in [2.24, 2.45) is 17.8 Å². The zero-order valence-electron chi connectivity index (χ0n) is 32.6. The number of carbonyl (C=O) groups is 2. The van der Waals surface area contributed by atoms with Crippen molar-refractivity contribution in [2.45, 2.75) is 96.6 Å². The molecule has 7 nitrogen and oxygen atoms in total. The van der Waals surface area contributed by atoms with Gasteiger partial charge in [-0.1, -0.05) is 111 Å². The highest BCUT2D eigenvalue weighted by molar-refractivity contribution is 6.61. The minimum absolute atomic E-state index is 0.0450. The Morgan fingerprint density at radius 1 is 0.963 bits per heavy atom. The van der Waals surface area contributed by atoms with E-state index in [2.05, 4.69) is 42.8 Å². The molecular weight excluding hydrogens is 678 g/mol. The second-order valence-corrected chi connectivity index (χ2v) is 15.8. The minimum atomic E-state index is -0.645. The van der Waals surface area contributed by atoms with Crippen molar-refractivity contribution in [1.29, 1.82) is 0 Å². The molecule has 2 aliphatic rings. The van der Waals surface area contributed by atoms with Gasteiger partial charge in [-0.2, -0.15) is 0 Å². The molecule has 7 unspecified atom stereocenters. The topological polar surface area (TPSA) is 77.1 Å². The maximum absolute atomic E-state index is 14.6. The van der Waals surface area contributed by atoms with Gasteiger partial charge in [0, 0.05) is 42.3 Å². The van der Waals surface area contributed by atoms with Gasteiger partial charge in [-0.05, 0) is 75.7 Å². The first-order valence-corrected chi connectivity index (χ1v) is 19.2. The first kappa shape index (κ1) is 40.9. The van der Waals surface area contributed by atoms with Crippen molar-refractivity contribution in [3.05, 3.63) is 133 Å². The molecule has 1 amide bonds. The van der Waals surface area contributed by atoms with Gasteiger partial charge in [0.1, 0.15) is 5.60 Å². The van der Waals surface area contributed by atoms with Gasteiger partial charge in [-0.15, -0.1) is 6.58 Å². The van der Waals surface area contributed by atoms with E-state index in [9.17, 15) is 14.0 Å². The molecule has 2 saturated heterocycles. The number of nitrogens with one attached hydrogen (secondary N) is 1. The van der Waals surface area contributed by atoms with Crippen molar-refractivity contribution in [3.8, 4) is 0 Å². The average molecular weight is 735 g/mol. The highest BCUT2D eigenvalue weighted by atomic mass is 19.1. The summed E-state index contributed by atoms with van der Waals surface area (Å²) in [6.07, 6.45) is 7.71. The summed E-state index contributed by atoms with van der Waals surface area (Å²) in [4.78, 5) is 30.1. The number of hydrogen-bond acceptors (Lipinski definition) is 6. The summed E-state index contributed by atoms with van der Waals surface area (Å²) in [6, 6.07) is 29.3. The number of hydrogen-bond donors (Lipinski definition) is 1. The molecule has 286 valence electrons. The van der Waals surface area contributed by atoms with E-state index >= 15 is 0 Å². The first-order valence-electron chi connectivity index (χ1n) is 19.2. The molecule has 2 aliphatic heterocycles. The number of amides is 1. The van der Waals surface area contributed by atoms with Crippen LogP contribution >= 0.6 is 0 Å². The van der Waals surface area contributed by atoms with Crippen molar-refractivity contribution in [3.63, 3.8) is 0 Å². The zero-order valence-corrected chi connectivity index (χ0v) is 32.6. The van der Waals surface area contributed by atoms with Gasteiger partial charge in [0.2, 0.25) is 5.91 Å². The number of benzene rings is 3. The Hall–Kier alpha value is -4.31. The van der Waals surface area contributed by atoms with Crippen LogP contribution in [0.2, 0.25) is 0 Å². The van der Waals surface area contributed by atoms with Gasteiger partial charge >= 0.3 is 13.1 Å². The number of rotatable bonds is 14. The van der Waals surface area contributed by atoms with Crippen molar-refractivity contribution in [1.82, 2.24) is 4.90 Å². The van der Waals surface area contributed by atoms with Gasteiger partial charge in [0.15, 0.2) is 0 Å². The van der Waals surface area contributed by atoms with Crippen LogP contribution in [0.3, 0.4) is 0 Å². The number of ether oxygens (including phenoxy) is 1. The van der Waals surface area contributed by atoms with Crippen LogP contribution in [0.4, 0.5) is 10.1 Å². The monoisotopic (exact) mass is 734 g/mol. The first-order chi connectivity index (χ1) is 25.8. The third-order valence-corrected chi connectivity index (χ3v) is 10.2. The molecule has 0 aromatic heterocycles. The van der Waals surface area contributed by atoms with E-state index in [4.69, 9.17) is 14.0 Å². The van der Waals surface area contributed by atoms with Gasteiger partial charge in [0.05, 0.1) is 24.3 Å². The summed E-state index contributed by atoms with van der Waals surface area (Å²) in [5, 5.41) is 3.24. The molecular formula is C45H56BFN2O5. The highest BCUT2D eigenvalue weighted by Crippen LogP contribution is 2.49. The highest BCUT2D eigenvalue weighted by Gasteiger charge is 2.54. The average Bonchev–Trinajstić information content (AvgIpc) is 3.48. The smallest absolute Gasteiger partial charge is 0.460 e. The summed E-state index contributed by atoms with van der Waals surface area (Å²) >= 11 is 0. The molecule has 0 spiro atoms. The molecule has 0 radical (unpaired) electrons. The number of para-hydroxylation sites is 1. The van der Waals surface area contributed by atoms with Gasteiger partial charge in [-0.3, -0.25) is 14.5 Å². The number of allylic oxidation sites excluding steroid dienone is 3. The molecule has 5 rings (SSSR count). The zero-order chi connectivity index (χ0) is 38.8. The Bertz CT molecular complexity index is 1720. The Labute approximate surface area is 321 Å². The number of anilines is 1. The van der Waals surface area contributed by atoms with Crippen LogP contribution in [0.5, 0.6) is 0 Å². The quantitative estimate of drug-likeness (QED) is 0.0774. The van der Waals surface area contributed by atoms with Gasteiger partial charge in [-0.25, -0.2) is 4.39 Å². The molecule has 3 aromatic rings. The van der Waals surface area contributed by atoms with E-state index in [1.165, 1.54) is 13.0 Å². The second-order valence-electron chi connectivity index (χ2n) is 15.8. The molecule has 7 atom stereocenters. The lowest BCUT2D eigenvalue weighted by Gasteiger charge is -2.39. The number of nitrogens with zero attached hydrogens (tertiary/aromatic N) is 1. The molecule has 0 bridgehead atoms. The van der Waals surface area contributed by atoms with Crippen LogP contribution in [0.15, 0.2) is 128 Å². The fourth-order valence-electron chi connectivity index (χ4n) is 8.12. The van der Waals surface area contributed by atoms with E-state index in [-0.39, 0.29) is 60.1 Å². The van der Waals surface area contributed by atoms with Crippen LogP contribution in [0.1, 0.15) is 72.3 Å². The fraction of sp³-hybridized carbons (Fsp3) is 0.422. The van der Waals surface area contributed by atoms with Crippen molar-refractivity contribution in [2.75, 3.05) is 11.9 Å². The van der Waals surface area contributed by atoms with E-state index < -0.39 is 24.7 Å². The maximum atomic E-state index is 14.6. The molecule has 0 aliphatic carbocycles. The summed E-state index contributed by atoms with van der Waals surface area (Å²) in [6.45, 7) is 16.2. The number of esters is 1. The number of carbonyl (C=O) groups excluding carboxylic acids is 2. The molecule has 3 aromatic carbocycles. The SMILES string of the molecule is C=CC(/C=C\C=C(/C)F)C1C(c2ccccc2)C(C(=O)Nc2ccccc2)C(C(C)C)N1CCC1CC(CC(=O)OC(C)(C)C)OB(c2ccccc2)O1. The third kappa shape index (κ3) is 10.9. The second kappa shape index (κ2) is 18.8. The summed E-state index contributed by atoms with van der Waals surface area (Å²) < 4.78 is 32.7. The summed E-state index contributed by atoms with van der Waals surface area (Å²) in [5.74, 6) is -1.39. The Kier molecular flexibility index (Phi) is 14.3. The van der Waals surface area contributed by atoms with Crippen LogP contribution in [0.25, 0.3) is 0 Å². The number of halogens is 1. The summed E-state index contributed by atoms with van der Waals surface area (Å²) in [5.41, 5.74) is 2.08. The molecule has 9 heteroatoms. The van der Waals surface area contributed by atoms with E-state index in [1.807, 2.05) is 112 Å². The largest absolute Gasteiger partial charge is 0.494 e. The lowest BCUT2D eigenvalue weighted by atomic mass is 9.75. The lowest BCUT2D eigenvalue weighted by Crippen LogP contribution is -2.51.